The van der Waals surface area contributed by atoms with Gasteiger partial charge in [-0.3, -0.25) is 9.89 Å². The van der Waals surface area contributed by atoms with Crippen molar-refractivity contribution in [1.82, 2.24) is 10.2 Å². The molecule has 1 heterocycles. The van der Waals surface area contributed by atoms with Gasteiger partial charge in [-0.2, -0.15) is 5.10 Å². The van der Waals surface area contributed by atoms with Gasteiger partial charge in [0.2, 0.25) is 0 Å². The molecule has 0 aliphatic carbocycles. The first-order valence-electron chi connectivity index (χ1n) is 8.40. The number of carbonyl (C=O) groups is 1. The summed E-state index contributed by atoms with van der Waals surface area (Å²) in [6, 6.07) is 17.7. The lowest BCUT2D eigenvalue weighted by atomic mass is 10.1. The number of hydrogen-bond donors (Lipinski definition) is 3. The van der Waals surface area contributed by atoms with Crippen LogP contribution in [0.1, 0.15) is 34.1 Å². The summed E-state index contributed by atoms with van der Waals surface area (Å²) in [6.45, 7) is 4.70. The topological polar surface area (TPSA) is 69.8 Å². The fourth-order valence-corrected chi connectivity index (χ4v) is 2.69. The molecule has 5 heteroatoms. The number of carbonyl (C=O) groups excluding carboxylic acids is 1. The lowest BCUT2D eigenvalue weighted by Gasteiger charge is -2.11. The summed E-state index contributed by atoms with van der Waals surface area (Å²) in [5.74, 6) is 0.366. The van der Waals surface area contributed by atoms with Crippen molar-refractivity contribution in [1.29, 1.82) is 0 Å². The molecule has 0 saturated heterocycles. The number of aromatic nitrogens is 2. The minimum atomic E-state index is -0.165. The number of H-pyrrole nitrogens is 1. The summed E-state index contributed by atoms with van der Waals surface area (Å²) in [5, 5.41) is 13.1. The van der Waals surface area contributed by atoms with Crippen LogP contribution in [0, 0.1) is 6.92 Å². The molecular formula is C20H22N4O. The van der Waals surface area contributed by atoms with E-state index in [0.29, 0.717) is 17.9 Å². The lowest BCUT2D eigenvalue weighted by Crippen LogP contribution is -2.13. The Kier molecular flexibility index (Phi) is 5.14. The highest BCUT2D eigenvalue weighted by Gasteiger charge is 2.09. The maximum Gasteiger partial charge on any atom is 0.256 e. The number of benzene rings is 2. The van der Waals surface area contributed by atoms with Crippen molar-refractivity contribution in [2.75, 3.05) is 10.6 Å². The van der Waals surface area contributed by atoms with Crippen LogP contribution in [0.25, 0.3) is 0 Å². The van der Waals surface area contributed by atoms with E-state index >= 15 is 0 Å². The summed E-state index contributed by atoms with van der Waals surface area (Å²) in [5.41, 5.74) is 4.99. The lowest BCUT2D eigenvalue weighted by molar-refractivity contribution is 0.102. The van der Waals surface area contributed by atoms with Crippen LogP contribution in [0.3, 0.4) is 0 Å². The van der Waals surface area contributed by atoms with E-state index in [1.54, 1.807) is 12.1 Å². The Balaban J connectivity index is 1.67. The molecule has 0 spiro atoms. The Morgan fingerprint density at radius 2 is 1.96 bits per heavy atom. The molecule has 3 aromatic rings. The Morgan fingerprint density at radius 3 is 2.72 bits per heavy atom. The second-order valence-corrected chi connectivity index (χ2v) is 5.95. The molecule has 0 fully saturated rings. The summed E-state index contributed by atoms with van der Waals surface area (Å²) in [4.78, 5) is 12.4. The van der Waals surface area contributed by atoms with Crippen LogP contribution in [-0.2, 0) is 13.0 Å². The van der Waals surface area contributed by atoms with Crippen molar-refractivity contribution in [2.24, 2.45) is 0 Å². The smallest absolute Gasteiger partial charge is 0.256 e. The molecule has 1 aromatic heterocycles. The number of nitrogens with zero attached hydrogens (tertiary/aromatic N) is 1. The van der Waals surface area contributed by atoms with Gasteiger partial charge >= 0.3 is 0 Å². The fraction of sp³-hybridized carbons (Fsp3) is 0.200. The number of hydrogen-bond acceptors (Lipinski definition) is 3. The molecule has 0 unspecified atom stereocenters. The van der Waals surface area contributed by atoms with Gasteiger partial charge in [-0.25, -0.2) is 0 Å². The van der Waals surface area contributed by atoms with Crippen LogP contribution in [0.4, 0.5) is 11.5 Å². The van der Waals surface area contributed by atoms with E-state index in [4.69, 9.17) is 0 Å². The Labute approximate surface area is 147 Å². The van der Waals surface area contributed by atoms with Gasteiger partial charge in [-0.1, -0.05) is 37.3 Å². The van der Waals surface area contributed by atoms with Gasteiger partial charge in [0.1, 0.15) is 0 Å². The van der Waals surface area contributed by atoms with Crippen LogP contribution in [-0.4, -0.2) is 16.1 Å². The summed E-state index contributed by atoms with van der Waals surface area (Å²) in [7, 11) is 0. The first kappa shape index (κ1) is 16.8. The first-order chi connectivity index (χ1) is 12.2. The number of aryl methyl sites for hydroxylation is 2. The van der Waals surface area contributed by atoms with Gasteiger partial charge in [-0.15, -0.1) is 0 Å². The minimum absolute atomic E-state index is 0.165. The molecular weight excluding hydrogens is 312 g/mol. The molecule has 128 valence electrons. The second-order valence-electron chi connectivity index (χ2n) is 5.95. The predicted octanol–water partition coefficient (Wildman–Crippen LogP) is 4.14. The summed E-state index contributed by atoms with van der Waals surface area (Å²) in [6.07, 6.45) is 0.981. The third kappa shape index (κ3) is 4.26. The largest absolute Gasteiger partial charge is 0.381 e. The molecule has 0 radical (unpaired) electrons. The standard InChI is InChI=1S/C20H22N4O/c1-3-16-8-4-5-10-18(16)21-13-15-7-6-9-17(12-15)20(25)22-19-11-14(2)23-24-19/h4-12,21H,3,13H2,1-2H3,(H2,22,23,24,25). The fourth-order valence-electron chi connectivity index (χ4n) is 2.69. The molecule has 0 aliphatic rings. The highest BCUT2D eigenvalue weighted by molar-refractivity contribution is 6.03. The molecule has 0 bridgehead atoms. The average molecular weight is 334 g/mol. The van der Waals surface area contributed by atoms with Gasteiger partial charge in [0.25, 0.3) is 5.91 Å². The maximum absolute atomic E-state index is 12.4. The van der Waals surface area contributed by atoms with E-state index in [-0.39, 0.29) is 5.91 Å². The molecule has 2 aromatic carbocycles. The third-order valence-electron chi connectivity index (χ3n) is 4.02. The van der Waals surface area contributed by atoms with Crippen LogP contribution >= 0.6 is 0 Å². The van der Waals surface area contributed by atoms with Gasteiger partial charge in [0, 0.05) is 29.6 Å². The normalized spacial score (nSPS) is 10.5. The first-order valence-corrected chi connectivity index (χ1v) is 8.40. The van der Waals surface area contributed by atoms with E-state index in [1.807, 2.05) is 37.3 Å². The number of para-hydroxylation sites is 1. The number of nitrogens with one attached hydrogen (secondary N) is 3. The zero-order chi connectivity index (χ0) is 17.6. The van der Waals surface area contributed by atoms with Crippen LogP contribution < -0.4 is 10.6 Å². The molecule has 25 heavy (non-hydrogen) atoms. The zero-order valence-corrected chi connectivity index (χ0v) is 14.5. The van der Waals surface area contributed by atoms with E-state index in [1.165, 1.54) is 5.56 Å². The van der Waals surface area contributed by atoms with Crippen molar-refractivity contribution in [2.45, 2.75) is 26.8 Å². The van der Waals surface area contributed by atoms with Crippen molar-refractivity contribution in [3.63, 3.8) is 0 Å². The van der Waals surface area contributed by atoms with Gasteiger partial charge in [0.15, 0.2) is 5.82 Å². The molecule has 3 N–H and O–H groups in total. The molecule has 5 nitrogen and oxygen atoms in total. The number of rotatable bonds is 6. The number of anilines is 2. The monoisotopic (exact) mass is 334 g/mol. The highest BCUT2D eigenvalue weighted by Crippen LogP contribution is 2.17. The Morgan fingerprint density at radius 1 is 1.12 bits per heavy atom. The average Bonchev–Trinajstić information content (AvgIpc) is 3.05. The second kappa shape index (κ2) is 7.66. The van der Waals surface area contributed by atoms with Crippen molar-refractivity contribution in [3.8, 4) is 0 Å². The highest BCUT2D eigenvalue weighted by atomic mass is 16.1. The number of amides is 1. The maximum atomic E-state index is 12.4. The Bertz CT molecular complexity index is 869. The van der Waals surface area contributed by atoms with Crippen molar-refractivity contribution >= 4 is 17.4 Å². The third-order valence-corrected chi connectivity index (χ3v) is 4.02. The summed E-state index contributed by atoms with van der Waals surface area (Å²) >= 11 is 0. The van der Waals surface area contributed by atoms with Crippen LogP contribution in [0.2, 0.25) is 0 Å². The van der Waals surface area contributed by atoms with Gasteiger partial charge < -0.3 is 10.6 Å². The van der Waals surface area contributed by atoms with Crippen LogP contribution in [0.5, 0.6) is 0 Å². The molecule has 0 atom stereocenters. The SMILES string of the molecule is CCc1ccccc1NCc1cccc(C(=O)Nc2cc(C)[nH]n2)c1. The minimum Gasteiger partial charge on any atom is -0.381 e. The molecule has 3 rings (SSSR count). The van der Waals surface area contributed by atoms with Crippen molar-refractivity contribution in [3.05, 3.63) is 77.0 Å². The van der Waals surface area contributed by atoms with E-state index < -0.39 is 0 Å². The van der Waals surface area contributed by atoms with E-state index in [9.17, 15) is 4.79 Å². The number of aromatic amines is 1. The van der Waals surface area contributed by atoms with Gasteiger partial charge in [0.05, 0.1) is 0 Å². The van der Waals surface area contributed by atoms with E-state index in [2.05, 4.69) is 39.9 Å². The summed E-state index contributed by atoms with van der Waals surface area (Å²) < 4.78 is 0. The zero-order valence-electron chi connectivity index (χ0n) is 14.5. The van der Waals surface area contributed by atoms with Crippen molar-refractivity contribution < 1.29 is 4.79 Å². The quantitative estimate of drug-likeness (QED) is 0.634. The molecule has 1 amide bonds. The van der Waals surface area contributed by atoms with Gasteiger partial charge in [-0.05, 0) is 42.7 Å². The molecule has 0 aliphatic heterocycles. The predicted molar refractivity (Wildman–Crippen MR) is 101 cm³/mol. The Hall–Kier alpha value is -3.08. The van der Waals surface area contributed by atoms with Crippen LogP contribution in [0.15, 0.2) is 54.6 Å². The van der Waals surface area contributed by atoms with E-state index in [0.717, 1.165) is 23.4 Å². The molecule has 0 saturated carbocycles.